The summed E-state index contributed by atoms with van der Waals surface area (Å²) in [4.78, 5) is 17.0. The second-order valence-electron chi connectivity index (χ2n) is 5.47. The van der Waals surface area contributed by atoms with Gasteiger partial charge in [0.15, 0.2) is 5.69 Å². The first-order valence-electron chi connectivity index (χ1n) is 7.57. The van der Waals surface area contributed by atoms with Crippen molar-refractivity contribution in [3.8, 4) is 11.5 Å². The molecule has 1 N–H and O–H groups in total. The molecule has 8 heteroatoms. The Morgan fingerprint density at radius 2 is 2.29 bits per heavy atom. The second kappa shape index (κ2) is 6.40. The monoisotopic (exact) mass is 342 g/mol. The van der Waals surface area contributed by atoms with Crippen LogP contribution in [0.2, 0.25) is 0 Å². The fourth-order valence-corrected chi connectivity index (χ4v) is 2.77. The van der Waals surface area contributed by atoms with Crippen LogP contribution in [0, 0.1) is 0 Å². The zero-order chi connectivity index (χ0) is 16.4. The average molecular weight is 342 g/mol. The Balaban J connectivity index is 1.33. The predicted octanol–water partition coefficient (Wildman–Crippen LogP) is 2.99. The van der Waals surface area contributed by atoms with Gasteiger partial charge in [0.1, 0.15) is 5.76 Å². The zero-order valence-corrected chi connectivity index (χ0v) is 13.5. The third-order valence-corrected chi connectivity index (χ3v) is 4.40. The Morgan fingerprint density at radius 1 is 1.38 bits per heavy atom. The molecule has 1 aliphatic carbocycles. The molecule has 3 aromatic rings. The highest BCUT2D eigenvalue weighted by atomic mass is 32.1. The van der Waals surface area contributed by atoms with Crippen molar-refractivity contribution in [2.45, 2.75) is 25.3 Å². The molecular weight excluding hydrogens is 328 g/mol. The first-order chi connectivity index (χ1) is 11.8. The lowest BCUT2D eigenvalue weighted by atomic mass is 10.3. The molecule has 0 saturated heterocycles. The summed E-state index contributed by atoms with van der Waals surface area (Å²) in [5, 5.41) is 12.5. The van der Waals surface area contributed by atoms with Gasteiger partial charge in [0.05, 0.1) is 6.54 Å². The SMILES string of the molecule is O=C(/C=C/c1cccs1)NCc1nc(-c2cc(C3CC3)on2)no1. The van der Waals surface area contributed by atoms with E-state index in [4.69, 9.17) is 9.05 Å². The van der Waals surface area contributed by atoms with Crippen LogP contribution in [0.15, 0.2) is 38.7 Å². The molecule has 0 atom stereocenters. The minimum atomic E-state index is -0.222. The first kappa shape index (κ1) is 14.8. The van der Waals surface area contributed by atoms with E-state index in [-0.39, 0.29) is 12.5 Å². The molecule has 4 rings (SSSR count). The number of amides is 1. The average Bonchev–Trinajstić information content (AvgIpc) is 3.03. The smallest absolute Gasteiger partial charge is 0.246 e. The van der Waals surface area contributed by atoms with E-state index in [1.165, 1.54) is 6.08 Å². The molecule has 0 aromatic carbocycles. The van der Waals surface area contributed by atoms with Crippen LogP contribution in [0.5, 0.6) is 0 Å². The Bertz CT molecular complexity index is 862. The van der Waals surface area contributed by atoms with Crippen molar-refractivity contribution >= 4 is 23.3 Å². The molecule has 3 aromatic heterocycles. The van der Waals surface area contributed by atoms with Gasteiger partial charge in [0, 0.05) is 22.9 Å². The molecule has 0 radical (unpaired) electrons. The van der Waals surface area contributed by atoms with Gasteiger partial charge in [0.2, 0.25) is 17.6 Å². The van der Waals surface area contributed by atoms with Gasteiger partial charge in [-0.1, -0.05) is 16.4 Å². The highest BCUT2D eigenvalue weighted by molar-refractivity contribution is 7.10. The fourth-order valence-electron chi connectivity index (χ4n) is 2.15. The molecule has 24 heavy (non-hydrogen) atoms. The molecule has 7 nitrogen and oxygen atoms in total. The van der Waals surface area contributed by atoms with Crippen LogP contribution in [-0.4, -0.2) is 21.2 Å². The van der Waals surface area contributed by atoms with E-state index < -0.39 is 0 Å². The van der Waals surface area contributed by atoms with Crippen molar-refractivity contribution in [2.24, 2.45) is 0 Å². The van der Waals surface area contributed by atoms with E-state index >= 15 is 0 Å². The molecule has 1 fully saturated rings. The first-order valence-corrected chi connectivity index (χ1v) is 8.45. The van der Waals surface area contributed by atoms with Crippen LogP contribution in [-0.2, 0) is 11.3 Å². The number of hydrogen-bond acceptors (Lipinski definition) is 7. The largest absolute Gasteiger partial charge is 0.360 e. The molecule has 0 spiro atoms. The molecule has 1 amide bonds. The molecule has 122 valence electrons. The van der Waals surface area contributed by atoms with Gasteiger partial charge in [-0.15, -0.1) is 11.3 Å². The van der Waals surface area contributed by atoms with Crippen molar-refractivity contribution in [2.75, 3.05) is 0 Å². The normalized spacial score (nSPS) is 14.3. The van der Waals surface area contributed by atoms with Crippen LogP contribution >= 0.6 is 11.3 Å². The highest BCUT2D eigenvalue weighted by Gasteiger charge is 2.28. The second-order valence-corrected chi connectivity index (χ2v) is 6.45. The number of thiophene rings is 1. The molecule has 0 unspecified atom stereocenters. The van der Waals surface area contributed by atoms with Gasteiger partial charge < -0.3 is 14.4 Å². The minimum absolute atomic E-state index is 0.161. The summed E-state index contributed by atoms with van der Waals surface area (Å²) >= 11 is 1.57. The minimum Gasteiger partial charge on any atom is -0.360 e. The Labute approximate surface area is 141 Å². The van der Waals surface area contributed by atoms with Crippen LogP contribution in [0.1, 0.15) is 35.3 Å². The van der Waals surface area contributed by atoms with Gasteiger partial charge in [-0.3, -0.25) is 4.79 Å². The lowest BCUT2D eigenvalue weighted by Crippen LogP contribution is -2.20. The Kier molecular flexibility index (Phi) is 3.96. The van der Waals surface area contributed by atoms with Crippen molar-refractivity contribution in [3.05, 3.63) is 46.2 Å². The van der Waals surface area contributed by atoms with Crippen molar-refractivity contribution in [1.82, 2.24) is 20.6 Å². The number of nitrogens with zero attached hydrogens (tertiary/aromatic N) is 3. The van der Waals surface area contributed by atoms with Crippen LogP contribution in [0.4, 0.5) is 0 Å². The van der Waals surface area contributed by atoms with Crippen molar-refractivity contribution in [3.63, 3.8) is 0 Å². The summed E-state index contributed by atoms with van der Waals surface area (Å²) in [5.41, 5.74) is 0.552. The quantitative estimate of drug-likeness (QED) is 0.692. The van der Waals surface area contributed by atoms with Crippen LogP contribution in [0.25, 0.3) is 17.6 Å². The van der Waals surface area contributed by atoms with E-state index in [0.29, 0.717) is 23.3 Å². The zero-order valence-electron chi connectivity index (χ0n) is 12.6. The van der Waals surface area contributed by atoms with Crippen LogP contribution < -0.4 is 5.32 Å². The maximum absolute atomic E-state index is 11.8. The maximum atomic E-state index is 11.8. The standard InChI is InChI=1S/C16H14N4O3S/c21-14(6-5-11-2-1-7-24-11)17-9-15-18-16(20-23-15)12-8-13(22-19-12)10-3-4-10/h1-2,5-8,10H,3-4,9H2,(H,17,21)/b6-5+. The number of aromatic nitrogens is 3. The van der Waals surface area contributed by atoms with E-state index in [0.717, 1.165) is 23.5 Å². The molecule has 3 heterocycles. The fraction of sp³-hybridized carbons (Fsp3) is 0.250. The lowest BCUT2D eigenvalue weighted by molar-refractivity contribution is -0.116. The summed E-state index contributed by atoms with van der Waals surface area (Å²) in [6.07, 6.45) is 5.50. The van der Waals surface area contributed by atoms with Gasteiger partial charge >= 0.3 is 0 Å². The predicted molar refractivity (Wildman–Crippen MR) is 87.0 cm³/mol. The van der Waals surface area contributed by atoms with E-state index in [1.54, 1.807) is 17.4 Å². The summed E-state index contributed by atoms with van der Waals surface area (Å²) < 4.78 is 10.4. The highest BCUT2D eigenvalue weighted by Crippen LogP contribution is 2.40. The van der Waals surface area contributed by atoms with Crippen molar-refractivity contribution in [1.29, 1.82) is 0 Å². The van der Waals surface area contributed by atoms with Gasteiger partial charge in [-0.25, -0.2) is 0 Å². The van der Waals surface area contributed by atoms with Crippen LogP contribution in [0.3, 0.4) is 0 Å². The lowest BCUT2D eigenvalue weighted by Gasteiger charge is -1.95. The van der Waals surface area contributed by atoms with Gasteiger partial charge in [0.25, 0.3) is 0 Å². The molecular formula is C16H14N4O3S. The van der Waals surface area contributed by atoms with E-state index in [1.807, 2.05) is 23.6 Å². The molecule has 0 aliphatic heterocycles. The van der Waals surface area contributed by atoms with Crippen molar-refractivity contribution < 1.29 is 13.8 Å². The number of carbonyl (C=O) groups is 1. The number of rotatable bonds is 6. The number of carbonyl (C=O) groups excluding carboxylic acids is 1. The Morgan fingerprint density at radius 3 is 3.08 bits per heavy atom. The maximum Gasteiger partial charge on any atom is 0.246 e. The van der Waals surface area contributed by atoms with E-state index in [9.17, 15) is 4.79 Å². The Hall–Kier alpha value is -2.74. The number of nitrogens with one attached hydrogen (secondary N) is 1. The summed E-state index contributed by atoms with van der Waals surface area (Å²) in [6, 6.07) is 5.71. The molecule has 1 aliphatic rings. The van der Waals surface area contributed by atoms with Gasteiger partial charge in [-0.2, -0.15) is 4.98 Å². The number of hydrogen-bond donors (Lipinski definition) is 1. The van der Waals surface area contributed by atoms with E-state index in [2.05, 4.69) is 20.6 Å². The topological polar surface area (TPSA) is 94.1 Å². The molecule has 0 bridgehead atoms. The summed E-state index contributed by atoms with van der Waals surface area (Å²) in [6.45, 7) is 0.161. The third-order valence-electron chi connectivity index (χ3n) is 3.56. The molecule has 1 saturated carbocycles. The summed E-state index contributed by atoms with van der Waals surface area (Å²) in [7, 11) is 0. The summed E-state index contributed by atoms with van der Waals surface area (Å²) in [5.74, 6) is 1.80. The third kappa shape index (κ3) is 3.43. The van der Waals surface area contributed by atoms with Gasteiger partial charge in [-0.05, 0) is 30.4 Å².